The molecule has 0 aromatic heterocycles. The van der Waals surface area contributed by atoms with E-state index in [2.05, 4.69) is 81.0 Å². The second-order valence-electron chi connectivity index (χ2n) is 7.06. The zero-order chi connectivity index (χ0) is 19.6. The molecule has 0 aliphatic carbocycles. The second kappa shape index (κ2) is 10.3. The molecule has 1 rings (SSSR count). The van der Waals surface area contributed by atoms with Crippen LogP contribution in [0.5, 0.6) is 0 Å². The number of anilines is 2. The van der Waals surface area contributed by atoms with Crippen LogP contribution in [0.15, 0.2) is 96.9 Å². The summed E-state index contributed by atoms with van der Waals surface area (Å²) < 4.78 is 0. The molecule has 0 atom stereocenters. The average Bonchev–Trinajstić information content (AvgIpc) is 2.56. The van der Waals surface area contributed by atoms with E-state index < -0.39 is 0 Å². The summed E-state index contributed by atoms with van der Waals surface area (Å²) in [4.78, 5) is 0. The summed E-state index contributed by atoms with van der Waals surface area (Å²) in [5.41, 5.74) is 5.21. The standard InChI is InChI=1S/C24H32N2/c1-8-11-20(12-9-2)25-21-14-16-22(17-15-21)26-23(13-10-3)18-19(4)24(5,6)7/h8-18,25-26H,1,4H2,2-3,5-7H3/b12-9-,13-10-,20-11+,23-18+. The summed E-state index contributed by atoms with van der Waals surface area (Å²) in [6.45, 7) is 18.4. The molecule has 0 fully saturated rings. The third-order valence-electron chi connectivity index (χ3n) is 3.75. The third-order valence-corrected chi connectivity index (χ3v) is 3.75. The van der Waals surface area contributed by atoms with Crippen molar-refractivity contribution in [2.45, 2.75) is 34.6 Å². The van der Waals surface area contributed by atoms with Crippen LogP contribution >= 0.6 is 0 Å². The Kier molecular flexibility index (Phi) is 8.44. The maximum atomic E-state index is 4.19. The van der Waals surface area contributed by atoms with E-state index in [0.717, 1.165) is 28.3 Å². The Morgan fingerprint density at radius 2 is 1.35 bits per heavy atom. The summed E-state index contributed by atoms with van der Waals surface area (Å²) in [6.07, 6.45) is 13.9. The Morgan fingerprint density at radius 3 is 1.77 bits per heavy atom. The topological polar surface area (TPSA) is 24.1 Å². The summed E-state index contributed by atoms with van der Waals surface area (Å²) in [6, 6.07) is 8.21. The molecule has 0 amide bonds. The first-order valence-corrected chi connectivity index (χ1v) is 8.93. The van der Waals surface area contributed by atoms with Crippen LogP contribution in [0.2, 0.25) is 0 Å². The van der Waals surface area contributed by atoms with Crippen molar-refractivity contribution < 1.29 is 0 Å². The summed E-state index contributed by atoms with van der Waals surface area (Å²) in [5, 5.41) is 6.83. The Morgan fingerprint density at radius 1 is 0.885 bits per heavy atom. The average molecular weight is 349 g/mol. The van der Waals surface area contributed by atoms with Gasteiger partial charge in [-0.05, 0) is 73.4 Å². The summed E-state index contributed by atoms with van der Waals surface area (Å²) in [7, 11) is 0. The zero-order valence-electron chi connectivity index (χ0n) is 16.8. The molecule has 0 spiro atoms. The monoisotopic (exact) mass is 348 g/mol. The number of benzene rings is 1. The lowest BCUT2D eigenvalue weighted by molar-refractivity contribution is 0.518. The highest BCUT2D eigenvalue weighted by molar-refractivity contribution is 5.60. The summed E-state index contributed by atoms with van der Waals surface area (Å²) >= 11 is 0. The second-order valence-corrected chi connectivity index (χ2v) is 7.06. The molecule has 0 saturated carbocycles. The largest absolute Gasteiger partial charge is 0.356 e. The fraction of sp³-hybridized carbons (Fsp3) is 0.250. The van der Waals surface area contributed by atoms with Crippen LogP contribution in [0.1, 0.15) is 34.6 Å². The predicted molar refractivity (Wildman–Crippen MR) is 118 cm³/mol. The van der Waals surface area contributed by atoms with Crippen molar-refractivity contribution in [3.8, 4) is 0 Å². The van der Waals surface area contributed by atoms with Crippen LogP contribution in [-0.2, 0) is 0 Å². The minimum absolute atomic E-state index is 0.0446. The number of nitrogens with one attached hydrogen (secondary N) is 2. The van der Waals surface area contributed by atoms with E-state index in [1.54, 1.807) is 6.08 Å². The lowest BCUT2D eigenvalue weighted by atomic mass is 9.87. The van der Waals surface area contributed by atoms with Crippen LogP contribution in [0, 0.1) is 5.41 Å². The molecule has 2 heteroatoms. The number of allylic oxidation sites excluding steroid dienone is 8. The first-order chi connectivity index (χ1) is 12.3. The maximum absolute atomic E-state index is 4.19. The van der Waals surface area contributed by atoms with Gasteiger partial charge in [0.05, 0.1) is 0 Å². The van der Waals surface area contributed by atoms with E-state index in [4.69, 9.17) is 0 Å². The lowest BCUT2D eigenvalue weighted by Crippen LogP contribution is -2.08. The molecule has 2 N–H and O–H groups in total. The molecule has 138 valence electrons. The van der Waals surface area contributed by atoms with Gasteiger partial charge < -0.3 is 10.6 Å². The summed E-state index contributed by atoms with van der Waals surface area (Å²) in [5.74, 6) is 0. The third kappa shape index (κ3) is 7.43. The molecule has 1 aromatic carbocycles. The van der Waals surface area contributed by atoms with Crippen molar-refractivity contribution >= 4 is 11.4 Å². The smallest absolute Gasteiger partial charge is 0.0385 e. The van der Waals surface area contributed by atoms with Gasteiger partial charge in [0, 0.05) is 22.8 Å². The Balaban J connectivity index is 2.93. The number of rotatable bonds is 8. The van der Waals surface area contributed by atoms with Gasteiger partial charge in [-0.25, -0.2) is 0 Å². The van der Waals surface area contributed by atoms with Gasteiger partial charge in [0.2, 0.25) is 0 Å². The SMILES string of the molecule is C=C/C=C(\C=C/C)Nc1ccc(NC(/C=C\C)=C/C(=C)C(C)(C)C)cc1. The molecule has 2 nitrogen and oxygen atoms in total. The first kappa shape index (κ1) is 21.3. The van der Waals surface area contributed by atoms with Gasteiger partial charge in [0.15, 0.2) is 0 Å². The van der Waals surface area contributed by atoms with Crippen molar-refractivity contribution in [1.29, 1.82) is 0 Å². The van der Waals surface area contributed by atoms with Crippen LogP contribution in [0.3, 0.4) is 0 Å². The van der Waals surface area contributed by atoms with Crippen molar-refractivity contribution in [3.05, 3.63) is 96.9 Å². The maximum Gasteiger partial charge on any atom is 0.0385 e. The van der Waals surface area contributed by atoms with Gasteiger partial charge in [-0.15, -0.1) is 0 Å². The minimum Gasteiger partial charge on any atom is -0.356 e. The van der Waals surface area contributed by atoms with Crippen molar-refractivity contribution in [2.24, 2.45) is 5.41 Å². The Hall–Kier alpha value is -2.74. The first-order valence-electron chi connectivity index (χ1n) is 8.93. The van der Waals surface area contributed by atoms with E-state index in [1.807, 2.05) is 38.2 Å². The normalized spacial score (nSPS) is 13.3. The van der Waals surface area contributed by atoms with Crippen LogP contribution in [0.4, 0.5) is 11.4 Å². The molecule has 0 saturated heterocycles. The zero-order valence-corrected chi connectivity index (χ0v) is 16.8. The molecular weight excluding hydrogens is 316 g/mol. The molecule has 0 aliphatic heterocycles. The highest BCUT2D eigenvalue weighted by atomic mass is 14.9. The molecule has 1 aromatic rings. The highest BCUT2D eigenvalue weighted by Gasteiger charge is 2.13. The van der Waals surface area contributed by atoms with Crippen LogP contribution in [-0.4, -0.2) is 0 Å². The lowest BCUT2D eigenvalue weighted by Gasteiger charge is -2.20. The van der Waals surface area contributed by atoms with Crippen molar-refractivity contribution in [1.82, 2.24) is 0 Å². The molecule has 0 radical (unpaired) electrons. The van der Waals surface area contributed by atoms with Crippen LogP contribution < -0.4 is 10.6 Å². The van der Waals surface area contributed by atoms with Crippen molar-refractivity contribution in [2.75, 3.05) is 10.6 Å². The quantitative estimate of drug-likeness (QED) is 0.485. The van der Waals surface area contributed by atoms with Crippen LogP contribution in [0.25, 0.3) is 0 Å². The van der Waals surface area contributed by atoms with Gasteiger partial charge >= 0.3 is 0 Å². The molecule has 26 heavy (non-hydrogen) atoms. The van der Waals surface area contributed by atoms with Crippen molar-refractivity contribution in [3.63, 3.8) is 0 Å². The van der Waals surface area contributed by atoms with E-state index in [0.29, 0.717) is 0 Å². The molecule has 0 bridgehead atoms. The molecule has 0 aliphatic rings. The predicted octanol–water partition coefficient (Wildman–Crippen LogP) is 7.22. The van der Waals surface area contributed by atoms with Gasteiger partial charge in [-0.1, -0.05) is 52.2 Å². The van der Waals surface area contributed by atoms with E-state index in [-0.39, 0.29) is 5.41 Å². The number of hydrogen-bond donors (Lipinski definition) is 2. The van der Waals surface area contributed by atoms with Gasteiger partial charge in [-0.3, -0.25) is 0 Å². The number of hydrogen-bond acceptors (Lipinski definition) is 2. The van der Waals surface area contributed by atoms with E-state index in [1.165, 1.54) is 0 Å². The fourth-order valence-corrected chi connectivity index (χ4v) is 2.13. The minimum atomic E-state index is 0.0446. The van der Waals surface area contributed by atoms with Gasteiger partial charge in [-0.2, -0.15) is 0 Å². The Bertz CT molecular complexity index is 720. The molecule has 0 heterocycles. The van der Waals surface area contributed by atoms with Gasteiger partial charge in [0.25, 0.3) is 0 Å². The Labute approximate surface area is 159 Å². The van der Waals surface area contributed by atoms with E-state index in [9.17, 15) is 0 Å². The van der Waals surface area contributed by atoms with Gasteiger partial charge in [0.1, 0.15) is 0 Å². The fourth-order valence-electron chi connectivity index (χ4n) is 2.13. The van der Waals surface area contributed by atoms with E-state index >= 15 is 0 Å². The highest BCUT2D eigenvalue weighted by Crippen LogP contribution is 2.26. The molecule has 0 unspecified atom stereocenters. The molecular formula is C24H32N2.